The van der Waals surface area contributed by atoms with Crippen LogP contribution < -0.4 is 0 Å². The molecule has 0 aliphatic heterocycles. The van der Waals surface area contributed by atoms with Gasteiger partial charge in [-0.25, -0.2) is 0 Å². The number of carbonyl (C=O) groups is 1. The van der Waals surface area contributed by atoms with Gasteiger partial charge in [0.2, 0.25) is 0 Å². The number of aryl methyl sites for hydroxylation is 1. The lowest BCUT2D eigenvalue weighted by molar-refractivity contribution is -0.124. The minimum Gasteiger partial charge on any atom is -0.320 e. The standard InChI is InChI=1S/C15H16BrN3O/c1-10(20)11-7-15(8-11,14-18-17-9-19(14)2)12-4-3-5-13(16)6-12/h3-6,9,11H,7-8H2,1-2H3. The summed E-state index contributed by atoms with van der Waals surface area (Å²) in [6.07, 6.45) is 3.34. The van der Waals surface area contributed by atoms with Gasteiger partial charge in [0.15, 0.2) is 0 Å². The molecule has 20 heavy (non-hydrogen) atoms. The van der Waals surface area contributed by atoms with Gasteiger partial charge in [-0.3, -0.25) is 4.79 Å². The molecular formula is C15H16BrN3O. The van der Waals surface area contributed by atoms with Crippen LogP contribution in [0.2, 0.25) is 0 Å². The lowest BCUT2D eigenvalue weighted by Gasteiger charge is -2.46. The second kappa shape index (κ2) is 4.81. The zero-order valence-corrected chi connectivity index (χ0v) is 13.1. The Hall–Kier alpha value is -1.49. The topological polar surface area (TPSA) is 47.8 Å². The normalized spacial score (nSPS) is 25.2. The Morgan fingerprint density at radius 3 is 2.75 bits per heavy atom. The molecule has 5 heteroatoms. The lowest BCUT2D eigenvalue weighted by Crippen LogP contribution is -2.46. The first-order chi connectivity index (χ1) is 9.53. The van der Waals surface area contributed by atoms with Crippen LogP contribution in [0, 0.1) is 5.92 Å². The quantitative estimate of drug-likeness (QED) is 0.867. The zero-order valence-electron chi connectivity index (χ0n) is 11.5. The van der Waals surface area contributed by atoms with Gasteiger partial charge >= 0.3 is 0 Å². The van der Waals surface area contributed by atoms with E-state index >= 15 is 0 Å². The van der Waals surface area contributed by atoms with Crippen molar-refractivity contribution in [2.24, 2.45) is 13.0 Å². The number of nitrogens with zero attached hydrogens (tertiary/aromatic N) is 3. The molecule has 1 aromatic carbocycles. The van der Waals surface area contributed by atoms with Crippen LogP contribution in [0.25, 0.3) is 0 Å². The third-order valence-electron chi connectivity index (χ3n) is 4.28. The van der Waals surface area contributed by atoms with E-state index in [9.17, 15) is 4.79 Å². The van der Waals surface area contributed by atoms with Crippen molar-refractivity contribution in [3.8, 4) is 0 Å². The molecule has 0 radical (unpaired) electrons. The molecule has 1 fully saturated rings. The Balaban J connectivity index is 2.07. The number of aromatic nitrogens is 3. The number of hydrogen-bond donors (Lipinski definition) is 0. The van der Waals surface area contributed by atoms with E-state index in [1.54, 1.807) is 13.3 Å². The first-order valence-corrected chi connectivity index (χ1v) is 7.43. The van der Waals surface area contributed by atoms with E-state index in [4.69, 9.17) is 0 Å². The second-order valence-corrected chi connectivity index (χ2v) is 6.49. The summed E-state index contributed by atoms with van der Waals surface area (Å²) in [5.74, 6) is 1.33. The molecule has 3 rings (SSSR count). The van der Waals surface area contributed by atoms with Crippen molar-refractivity contribution in [3.05, 3.63) is 46.5 Å². The van der Waals surface area contributed by atoms with Crippen LogP contribution in [0.1, 0.15) is 31.2 Å². The maximum Gasteiger partial charge on any atom is 0.143 e. The van der Waals surface area contributed by atoms with Crippen molar-refractivity contribution < 1.29 is 4.79 Å². The smallest absolute Gasteiger partial charge is 0.143 e. The third-order valence-corrected chi connectivity index (χ3v) is 4.77. The van der Waals surface area contributed by atoms with Gasteiger partial charge in [0.25, 0.3) is 0 Å². The van der Waals surface area contributed by atoms with E-state index in [2.05, 4.69) is 38.3 Å². The fourth-order valence-corrected chi connectivity index (χ4v) is 3.52. The number of carbonyl (C=O) groups excluding carboxylic acids is 1. The number of benzene rings is 1. The van der Waals surface area contributed by atoms with E-state index in [1.165, 1.54) is 5.56 Å². The molecule has 1 aliphatic rings. The van der Waals surface area contributed by atoms with Crippen molar-refractivity contribution in [2.75, 3.05) is 0 Å². The third kappa shape index (κ3) is 2.00. The minimum atomic E-state index is -0.189. The molecule has 4 nitrogen and oxygen atoms in total. The van der Waals surface area contributed by atoms with Gasteiger partial charge in [0, 0.05) is 17.4 Å². The highest BCUT2D eigenvalue weighted by molar-refractivity contribution is 9.10. The van der Waals surface area contributed by atoms with Gasteiger partial charge in [0.1, 0.15) is 17.9 Å². The molecule has 0 atom stereocenters. The summed E-state index contributed by atoms with van der Waals surface area (Å²) < 4.78 is 3.00. The average Bonchev–Trinajstić information content (AvgIpc) is 2.75. The first-order valence-electron chi connectivity index (χ1n) is 6.64. The summed E-state index contributed by atoms with van der Waals surface area (Å²) in [6.45, 7) is 1.67. The lowest BCUT2D eigenvalue weighted by atomic mass is 9.57. The molecule has 1 heterocycles. The number of hydrogen-bond acceptors (Lipinski definition) is 3. The minimum absolute atomic E-state index is 0.130. The molecule has 104 valence electrons. The van der Waals surface area contributed by atoms with Crippen molar-refractivity contribution in [1.29, 1.82) is 0 Å². The predicted octanol–water partition coefficient (Wildman–Crippen LogP) is 2.86. The van der Waals surface area contributed by atoms with Crippen LogP contribution in [0.5, 0.6) is 0 Å². The molecule has 0 amide bonds. The van der Waals surface area contributed by atoms with Gasteiger partial charge in [-0.05, 0) is 37.5 Å². The number of ketones is 1. The predicted molar refractivity (Wildman–Crippen MR) is 79.3 cm³/mol. The summed E-state index contributed by atoms with van der Waals surface area (Å²) in [5, 5.41) is 8.30. The van der Waals surface area contributed by atoms with E-state index in [0.717, 1.165) is 23.1 Å². The maximum atomic E-state index is 11.6. The monoisotopic (exact) mass is 333 g/mol. The number of halogens is 1. The molecule has 1 aliphatic carbocycles. The fraction of sp³-hybridized carbons (Fsp3) is 0.400. The highest BCUT2D eigenvalue weighted by Crippen LogP contribution is 2.52. The van der Waals surface area contributed by atoms with Crippen molar-refractivity contribution in [2.45, 2.75) is 25.2 Å². The largest absolute Gasteiger partial charge is 0.320 e. The molecule has 0 unspecified atom stereocenters. The van der Waals surface area contributed by atoms with Crippen LogP contribution in [-0.2, 0) is 17.3 Å². The van der Waals surface area contributed by atoms with Crippen molar-refractivity contribution in [1.82, 2.24) is 14.8 Å². The molecular weight excluding hydrogens is 318 g/mol. The number of Topliss-reactive ketones (excluding diaryl/α,β-unsaturated/α-hetero) is 1. The maximum absolute atomic E-state index is 11.6. The average molecular weight is 334 g/mol. The molecule has 0 N–H and O–H groups in total. The summed E-state index contributed by atoms with van der Waals surface area (Å²) in [4.78, 5) is 11.6. The van der Waals surface area contributed by atoms with E-state index in [1.807, 2.05) is 23.7 Å². The zero-order chi connectivity index (χ0) is 14.3. The Bertz CT molecular complexity index is 659. The van der Waals surface area contributed by atoms with Gasteiger partial charge in [0.05, 0.1) is 5.41 Å². The molecule has 0 spiro atoms. The molecule has 1 saturated carbocycles. The summed E-state index contributed by atoms with van der Waals surface area (Å²) >= 11 is 3.52. The highest BCUT2D eigenvalue weighted by atomic mass is 79.9. The number of rotatable bonds is 3. The Morgan fingerprint density at radius 1 is 1.45 bits per heavy atom. The summed E-state index contributed by atoms with van der Waals surface area (Å²) in [7, 11) is 1.95. The molecule has 0 bridgehead atoms. The van der Waals surface area contributed by atoms with Gasteiger partial charge in [-0.15, -0.1) is 10.2 Å². The fourth-order valence-electron chi connectivity index (χ4n) is 3.12. The van der Waals surface area contributed by atoms with Crippen molar-refractivity contribution >= 4 is 21.7 Å². The molecule has 1 aromatic heterocycles. The molecule has 2 aromatic rings. The highest BCUT2D eigenvalue weighted by Gasteiger charge is 2.51. The van der Waals surface area contributed by atoms with E-state index in [-0.39, 0.29) is 17.1 Å². The first kappa shape index (κ1) is 13.5. The van der Waals surface area contributed by atoms with E-state index in [0.29, 0.717) is 0 Å². The van der Waals surface area contributed by atoms with Gasteiger partial charge in [-0.1, -0.05) is 28.1 Å². The van der Waals surface area contributed by atoms with Crippen LogP contribution in [-0.4, -0.2) is 20.5 Å². The van der Waals surface area contributed by atoms with Crippen LogP contribution in [0.4, 0.5) is 0 Å². The van der Waals surface area contributed by atoms with Crippen molar-refractivity contribution in [3.63, 3.8) is 0 Å². The second-order valence-electron chi connectivity index (χ2n) is 5.57. The Kier molecular flexibility index (Phi) is 3.24. The van der Waals surface area contributed by atoms with E-state index < -0.39 is 0 Å². The SMILES string of the molecule is CC(=O)C1CC(c2cccc(Br)c2)(c2nncn2C)C1. The Morgan fingerprint density at radius 2 is 2.20 bits per heavy atom. The Labute approximate surface area is 126 Å². The van der Waals surface area contributed by atoms with Crippen LogP contribution in [0.3, 0.4) is 0 Å². The summed E-state index contributed by atoms with van der Waals surface area (Å²) in [5.41, 5.74) is 1.01. The molecule has 0 saturated heterocycles. The van der Waals surface area contributed by atoms with Gasteiger partial charge < -0.3 is 4.57 Å². The van der Waals surface area contributed by atoms with Crippen LogP contribution >= 0.6 is 15.9 Å². The summed E-state index contributed by atoms with van der Waals surface area (Å²) in [6, 6.07) is 8.26. The van der Waals surface area contributed by atoms with Gasteiger partial charge in [-0.2, -0.15) is 0 Å². The van der Waals surface area contributed by atoms with Crippen LogP contribution in [0.15, 0.2) is 35.1 Å².